The third-order valence-corrected chi connectivity index (χ3v) is 4.85. The predicted octanol–water partition coefficient (Wildman–Crippen LogP) is 2.52. The lowest BCUT2D eigenvalue weighted by Crippen LogP contribution is -2.38. The molecule has 1 heterocycles. The number of hydrogen-bond donors (Lipinski definition) is 2. The van der Waals surface area contributed by atoms with Crippen molar-refractivity contribution in [2.45, 2.75) is 33.1 Å². The van der Waals surface area contributed by atoms with Gasteiger partial charge in [-0.05, 0) is 17.7 Å². The van der Waals surface area contributed by atoms with Crippen LogP contribution in [0.3, 0.4) is 0 Å². The molecular formula is C19H25ClN2O4. The average molecular weight is 381 g/mol. The maximum Gasteiger partial charge on any atom is 0.308 e. The molecule has 0 spiro atoms. The number of carbonyl (C=O) groups excluding carboxylic acids is 2. The topological polar surface area (TPSA) is 86.7 Å². The van der Waals surface area contributed by atoms with Crippen molar-refractivity contribution in [3.05, 3.63) is 34.9 Å². The molecule has 142 valence electrons. The Bertz CT molecular complexity index is 682. The van der Waals surface area contributed by atoms with Crippen LogP contribution in [0.4, 0.5) is 0 Å². The molecule has 0 aromatic heterocycles. The van der Waals surface area contributed by atoms with Gasteiger partial charge in [-0.15, -0.1) is 0 Å². The molecule has 0 bridgehead atoms. The van der Waals surface area contributed by atoms with Gasteiger partial charge in [-0.25, -0.2) is 0 Å². The molecule has 0 unspecified atom stereocenters. The molecule has 0 aliphatic carbocycles. The second-order valence-corrected chi connectivity index (χ2v) is 8.09. The van der Waals surface area contributed by atoms with E-state index in [1.807, 2.05) is 0 Å². The van der Waals surface area contributed by atoms with Crippen LogP contribution in [0.25, 0.3) is 0 Å². The van der Waals surface area contributed by atoms with E-state index in [0.717, 1.165) is 5.56 Å². The molecule has 1 aliphatic rings. The zero-order chi connectivity index (χ0) is 19.5. The quantitative estimate of drug-likeness (QED) is 0.821. The molecule has 26 heavy (non-hydrogen) atoms. The number of halogens is 1. The molecule has 2 rings (SSSR count). The van der Waals surface area contributed by atoms with Gasteiger partial charge in [-0.2, -0.15) is 0 Å². The number of amides is 2. The first-order chi connectivity index (χ1) is 12.1. The van der Waals surface area contributed by atoms with E-state index in [4.69, 9.17) is 11.6 Å². The minimum absolute atomic E-state index is 0.117. The van der Waals surface area contributed by atoms with Crippen LogP contribution in [0.5, 0.6) is 0 Å². The zero-order valence-corrected chi connectivity index (χ0v) is 16.0. The van der Waals surface area contributed by atoms with Crippen LogP contribution in [0.2, 0.25) is 5.02 Å². The van der Waals surface area contributed by atoms with E-state index in [1.165, 1.54) is 0 Å². The van der Waals surface area contributed by atoms with Gasteiger partial charge in [0.05, 0.1) is 5.92 Å². The van der Waals surface area contributed by atoms with Gasteiger partial charge >= 0.3 is 5.97 Å². The number of nitrogens with one attached hydrogen (secondary N) is 1. The van der Waals surface area contributed by atoms with E-state index in [2.05, 4.69) is 5.32 Å². The van der Waals surface area contributed by atoms with Gasteiger partial charge in [-0.1, -0.05) is 44.5 Å². The minimum atomic E-state index is -0.915. The highest BCUT2D eigenvalue weighted by molar-refractivity contribution is 6.30. The Labute approximate surface area is 158 Å². The van der Waals surface area contributed by atoms with Crippen LogP contribution < -0.4 is 5.32 Å². The highest BCUT2D eigenvalue weighted by Gasteiger charge is 2.40. The fourth-order valence-electron chi connectivity index (χ4n) is 3.01. The number of carboxylic acid groups (broad SMARTS) is 1. The lowest BCUT2D eigenvalue weighted by molar-refractivity contribution is -0.141. The van der Waals surface area contributed by atoms with Gasteiger partial charge in [0.25, 0.3) is 0 Å². The Hall–Kier alpha value is -2.08. The van der Waals surface area contributed by atoms with Crippen LogP contribution >= 0.6 is 11.6 Å². The molecule has 1 aromatic carbocycles. The summed E-state index contributed by atoms with van der Waals surface area (Å²) in [5.41, 5.74) is 0.350. The van der Waals surface area contributed by atoms with Gasteiger partial charge in [0, 0.05) is 42.4 Å². The van der Waals surface area contributed by atoms with Gasteiger partial charge in [0.1, 0.15) is 0 Å². The number of carboxylic acids is 1. The molecule has 6 nitrogen and oxygen atoms in total. The van der Waals surface area contributed by atoms with Crippen molar-refractivity contribution in [3.63, 3.8) is 0 Å². The summed E-state index contributed by atoms with van der Waals surface area (Å²) in [4.78, 5) is 37.5. The molecule has 2 atom stereocenters. The molecule has 1 aliphatic heterocycles. The number of hydrogen-bond acceptors (Lipinski definition) is 3. The number of carbonyl (C=O) groups is 3. The lowest BCUT2D eigenvalue weighted by Gasteiger charge is -2.19. The van der Waals surface area contributed by atoms with Crippen molar-refractivity contribution in [3.8, 4) is 0 Å². The molecular weight excluding hydrogens is 356 g/mol. The second-order valence-electron chi connectivity index (χ2n) is 7.66. The summed E-state index contributed by atoms with van der Waals surface area (Å²) in [5.74, 6) is -2.10. The van der Waals surface area contributed by atoms with Crippen molar-refractivity contribution in [1.29, 1.82) is 0 Å². The number of nitrogens with zero attached hydrogens (tertiary/aromatic N) is 1. The normalized spacial score (nSPS) is 20.1. The van der Waals surface area contributed by atoms with Crippen LogP contribution in [-0.2, 0) is 14.4 Å². The number of benzene rings is 1. The average Bonchev–Trinajstić information content (AvgIpc) is 3.00. The fraction of sp³-hybridized carbons (Fsp3) is 0.526. The van der Waals surface area contributed by atoms with Gasteiger partial charge in [0.2, 0.25) is 11.8 Å². The van der Waals surface area contributed by atoms with Crippen molar-refractivity contribution in [2.24, 2.45) is 11.3 Å². The third-order valence-electron chi connectivity index (χ3n) is 4.59. The van der Waals surface area contributed by atoms with Crippen molar-refractivity contribution in [1.82, 2.24) is 10.2 Å². The maximum absolute atomic E-state index is 12.4. The first-order valence-electron chi connectivity index (χ1n) is 8.64. The molecule has 0 saturated carbocycles. The smallest absolute Gasteiger partial charge is 0.308 e. The summed E-state index contributed by atoms with van der Waals surface area (Å²) in [6.45, 7) is 6.19. The summed E-state index contributed by atoms with van der Waals surface area (Å²) in [6, 6.07) is 7.06. The Morgan fingerprint density at radius 2 is 1.81 bits per heavy atom. The van der Waals surface area contributed by atoms with Gasteiger partial charge in [0.15, 0.2) is 0 Å². The minimum Gasteiger partial charge on any atom is -0.481 e. The Morgan fingerprint density at radius 3 is 2.35 bits per heavy atom. The molecule has 1 saturated heterocycles. The summed E-state index contributed by atoms with van der Waals surface area (Å²) < 4.78 is 0. The fourth-order valence-corrected chi connectivity index (χ4v) is 3.14. The maximum atomic E-state index is 12.4. The van der Waals surface area contributed by atoms with E-state index in [9.17, 15) is 19.5 Å². The Morgan fingerprint density at radius 1 is 1.19 bits per heavy atom. The lowest BCUT2D eigenvalue weighted by atomic mass is 9.89. The van der Waals surface area contributed by atoms with Gasteiger partial charge < -0.3 is 15.3 Å². The molecule has 1 aromatic rings. The summed E-state index contributed by atoms with van der Waals surface area (Å²) in [6.07, 6.45) is 0.154. The zero-order valence-electron chi connectivity index (χ0n) is 15.3. The second kappa shape index (κ2) is 8.08. The molecule has 1 fully saturated rings. The first kappa shape index (κ1) is 20.2. The molecule has 0 radical (unpaired) electrons. The van der Waals surface area contributed by atoms with E-state index in [1.54, 1.807) is 49.9 Å². The van der Waals surface area contributed by atoms with Crippen LogP contribution in [-0.4, -0.2) is 47.4 Å². The number of rotatable bonds is 5. The Balaban J connectivity index is 1.98. The summed E-state index contributed by atoms with van der Waals surface area (Å²) in [7, 11) is 0. The molecule has 2 amide bonds. The monoisotopic (exact) mass is 380 g/mol. The highest BCUT2D eigenvalue weighted by Crippen LogP contribution is 2.33. The third kappa shape index (κ3) is 4.97. The van der Waals surface area contributed by atoms with E-state index in [-0.39, 0.29) is 37.2 Å². The molecule has 2 N–H and O–H groups in total. The number of aliphatic carboxylic acids is 1. The first-order valence-corrected chi connectivity index (χ1v) is 9.01. The number of likely N-dealkylation sites (tertiary alicyclic amines) is 1. The van der Waals surface area contributed by atoms with Crippen molar-refractivity contribution < 1.29 is 19.5 Å². The standard InChI is InChI=1S/C19H25ClN2O4/c1-19(2,3)18(26)21-9-8-16(23)22-10-14(15(11-22)17(24)25)12-4-6-13(20)7-5-12/h4-7,14-15H,8-11H2,1-3H3,(H,21,26)(H,24,25)/t14-,15+/m0/s1. The molecule has 7 heteroatoms. The largest absolute Gasteiger partial charge is 0.481 e. The van der Waals surface area contributed by atoms with E-state index < -0.39 is 17.3 Å². The van der Waals surface area contributed by atoms with E-state index in [0.29, 0.717) is 11.6 Å². The van der Waals surface area contributed by atoms with Crippen LogP contribution in [0.15, 0.2) is 24.3 Å². The Kier molecular flexibility index (Phi) is 6.29. The van der Waals surface area contributed by atoms with Crippen molar-refractivity contribution >= 4 is 29.4 Å². The SMILES string of the molecule is CC(C)(C)C(=O)NCCC(=O)N1C[C@@H](C(=O)O)[C@H](c2ccc(Cl)cc2)C1. The van der Waals surface area contributed by atoms with Crippen LogP contribution in [0, 0.1) is 11.3 Å². The highest BCUT2D eigenvalue weighted by atomic mass is 35.5. The van der Waals surface area contributed by atoms with E-state index >= 15 is 0 Å². The predicted molar refractivity (Wildman–Crippen MR) is 99.0 cm³/mol. The summed E-state index contributed by atoms with van der Waals surface area (Å²) >= 11 is 5.90. The van der Waals surface area contributed by atoms with Crippen LogP contribution in [0.1, 0.15) is 38.7 Å². The van der Waals surface area contributed by atoms with Gasteiger partial charge in [-0.3, -0.25) is 14.4 Å². The van der Waals surface area contributed by atoms with Crippen molar-refractivity contribution in [2.75, 3.05) is 19.6 Å². The summed E-state index contributed by atoms with van der Waals surface area (Å²) in [5, 5.41) is 12.8.